The van der Waals surface area contributed by atoms with Crippen molar-refractivity contribution in [3.63, 3.8) is 0 Å². The van der Waals surface area contributed by atoms with E-state index in [1.165, 1.54) is 4.90 Å². The van der Waals surface area contributed by atoms with E-state index in [1.807, 2.05) is 0 Å². The number of carbonyl (C=O) groups excluding carboxylic acids is 2. The summed E-state index contributed by atoms with van der Waals surface area (Å²) in [5.74, 6) is -1.47. The first kappa shape index (κ1) is 16.7. The van der Waals surface area contributed by atoms with Crippen molar-refractivity contribution in [1.82, 2.24) is 9.80 Å². The standard InChI is InChI=1S/C15H24N2O5/c1-15(6-3-9-22-15)14(21)16(2)10-12(18)17-7-4-11(5-8-17)13(19)20/h11H,3-10H2,1-2H3,(H,19,20). The van der Waals surface area contributed by atoms with Crippen LogP contribution in [0.25, 0.3) is 0 Å². The fourth-order valence-electron chi connectivity index (χ4n) is 3.10. The Bertz CT molecular complexity index is 451. The van der Waals surface area contributed by atoms with Gasteiger partial charge >= 0.3 is 5.97 Å². The number of carbonyl (C=O) groups is 3. The van der Waals surface area contributed by atoms with Gasteiger partial charge in [-0.05, 0) is 32.6 Å². The van der Waals surface area contributed by atoms with Gasteiger partial charge in [0.1, 0.15) is 5.60 Å². The molecule has 2 saturated heterocycles. The zero-order valence-corrected chi connectivity index (χ0v) is 13.2. The summed E-state index contributed by atoms with van der Waals surface area (Å²) in [7, 11) is 1.61. The van der Waals surface area contributed by atoms with Crippen LogP contribution >= 0.6 is 0 Å². The van der Waals surface area contributed by atoms with Crippen molar-refractivity contribution in [2.45, 2.75) is 38.2 Å². The number of amides is 2. The summed E-state index contributed by atoms with van der Waals surface area (Å²) >= 11 is 0. The van der Waals surface area contributed by atoms with Gasteiger partial charge in [-0.1, -0.05) is 0 Å². The quantitative estimate of drug-likeness (QED) is 0.809. The van der Waals surface area contributed by atoms with Crippen LogP contribution in [0.3, 0.4) is 0 Å². The molecule has 1 unspecified atom stereocenters. The molecule has 0 saturated carbocycles. The lowest BCUT2D eigenvalue weighted by molar-refractivity contribution is -0.153. The lowest BCUT2D eigenvalue weighted by Gasteiger charge is -2.33. The molecule has 0 bridgehead atoms. The molecule has 0 aromatic carbocycles. The van der Waals surface area contributed by atoms with Gasteiger partial charge in [0.05, 0.1) is 12.5 Å². The second-order valence-electron chi connectivity index (χ2n) is 6.34. The Labute approximate surface area is 130 Å². The van der Waals surface area contributed by atoms with Gasteiger partial charge in [-0.25, -0.2) is 0 Å². The summed E-state index contributed by atoms with van der Waals surface area (Å²) in [5, 5.41) is 8.96. The molecular formula is C15H24N2O5. The van der Waals surface area contributed by atoms with Crippen molar-refractivity contribution >= 4 is 17.8 Å². The van der Waals surface area contributed by atoms with E-state index in [0.29, 0.717) is 39.0 Å². The number of likely N-dealkylation sites (tertiary alicyclic amines) is 1. The fraction of sp³-hybridized carbons (Fsp3) is 0.800. The number of nitrogens with zero attached hydrogens (tertiary/aromatic N) is 2. The van der Waals surface area contributed by atoms with E-state index in [1.54, 1.807) is 18.9 Å². The van der Waals surface area contributed by atoms with E-state index in [0.717, 1.165) is 6.42 Å². The van der Waals surface area contributed by atoms with E-state index < -0.39 is 11.6 Å². The zero-order chi connectivity index (χ0) is 16.3. The molecule has 7 heteroatoms. The molecule has 2 rings (SSSR count). The Morgan fingerprint density at radius 3 is 2.45 bits per heavy atom. The summed E-state index contributed by atoms with van der Waals surface area (Å²) in [6, 6.07) is 0. The van der Waals surface area contributed by atoms with Crippen molar-refractivity contribution in [3.05, 3.63) is 0 Å². The van der Waals surface area contributed by atoms with E-state index in [2.05, 4.69) is 0 Å². The summed E-state index contributed by atoms with van der Waals surface area (Å²) < 4.78 is 5.51. The monoisotopic (exact) mass is 312 g/mol. The predicted octanol–water partition coefficient (Wildman–Crippen LogP) is 0.337. The van der Waals surface area contributed by atoms with Crippen LogP contribution in [0.15, 0.2) is 0 Å². The highest BCUT2D eigenvalue weighted by Gasteiger charge is 2.40. The van der Waals surface area contributed by atoms with Crippen LogP contribution in [0, 0.1) is 5.92 Å². The SMILES string of the molecule is CN(CC(=O)N1CCC(C(=O)O)CC1)C(=O)C1(C)CCCO1. The second kappa shape index (κ2) is 6.64. The lowest BCUT2D eigenvalue weighted by Crippen LogP contribution is -2.50. The molecule has 0 aromatic heterocycles. The predicted molar refractivity (Wildman–Crippen MR) is 78.2 cm³/mol. The molecule has 1 N–H and O–H groups in total. The van der Waals surface area contributed by atoms with Gasteiger partial charge < -0.3 is 19.6 Å². The van der Waals surface area contributed by atoms with Crippen LogP contribution in [0.2, 0.25) is 0 Å². The maximum atomic E-state index is 12.4. The number of aliphatic carboxylic acids is 1. The summed E-state index contributed by atoms with van der Waals surface area (Å²) in [5.41, 5.74) is -0.814. The number of hydrogen-bond acceptors (Lipinski definition) is 4. The number of hydrogen-bond donors (Lipinski definition) is 1. The number of carboxylic acid groups (broad SMARTS) is 1. The van der Waals surface area contributed by atoms with Crippen LogP contribution in [0.1, 0.15) is 32.6 Å². The maximum Gasteiger partial charge on any atom is 0.306 e. The highest BCUT2D eigenvalue weighted by Crippen LogP contribution is 2.27. The number of piperidine rings is 1. The van der Waals surface area contributed by atoms with Crippen LogP contribution in [0.5, 0.6) is 0 Å². The maximum absolute atomic E-state index is 12.4. The van der Waals surface area contributed by atoms with Crippen molar-refractivity contribution in [3.8, 4) is 0 Å². The molecule has 2 fully saturated rings. The number of likely N-dealkylation sites (N-methyl/N-ethyl adjacent to an activating group) is 1. The molecule has 22 heavy (non-hydrogen) atoms. The van der Waals surface area contributed by atoms with Gasteiger partial charge in [0.15, 0.2) is 0 Å². The van der Waals surface area contributed by atoms with Crippen molar-refractivity contribution in [2.24, 2.45) is 5.92 Å². The molecule has 2 aliphatic heterocycles. The van der Waals surface area contributed by atoms with Crippen LogP contribution in [0.4, 0.5) is 0 Å². The molecule has 0 aromatic rings. The Morgan fingerprint density at radius 2 is 1.95 bits per heavy atom. The van der Waals surface area contributed by atoms with E-state index >= 15 is 0 Å². The molecule has 0 radical (unpaired) electrons. The van der Waals surface area contributed by atoms with Gasteiger partial charge in [0.2, 0.25) is 5.91 Å². The minimum Gasteiger partial charge on any atom is -0.481 e. The summed E-state index contributed by atoms with van der Waals surface area (Å²) in [6.07, 6.45) is 2.47. The number of ether oxygens (including phenoxy) is 1. The summed E-state index contributed by atoms with van der Waals surface area (Å²) in [4.78, 5) is 38.6. The Morgan fingerprint density at radius 1 is 1.32 bits per heavy atom. The van der Waals surface area contributed by atoms with Gasteiger partial charge in [-0.2, -0.15) is 0 Å². The molecular weight excluding hydrogens is 288 g/mol. The fourth-order valence-corrected chi connectivity index (χ4v) is 3.10. The van der Waals surface area contributed by atoms with E-state index in [4.69, 9.17) is 9.84 Å². The average Bonchev–Trinajstić information content (AvgIpc) is 2.94. The molecule has 0 aliphatic carbocycles. The molecule has 2 aliphatic rings. The third-order valence-electron chi connectivity index (χ3n) is 4.59. The van der Waals surface area contributed by atoms with Crippen LogP contribution in [-0.4, -0.2) is 71.6 Å². The highest BCUT2D eigenvalue weighted by atomic mass is 16.5. The second-order valence-corrected chi connectivity index (χ2v) is 6.34. The molecule has 124 valence electrons. The van der Waals surface area contributed by atoms with Gasteiger partial charge in [-0.15, -0.1) is 0 Å². The number of rotatable bonds is 4. The van der Waals surface area contributed by atoms with Crippen LogP contribution in [-0.2, 0) is 19.1 Å². The average molecular weight is 312 g/mol. The third kappa shape index (κ3) is 3.58. The highest BCUT2D eigenvalue weighted by molar-refractivity contribution is 5.89. The first-order chi connectivity index (χ1) is 10.3. The van der Waals surface area contributed by atoms with Gasteiger partial charge in [0, 0.05) is 26.7 Å². The van der Waals surface area contributed by atoms with Gasteiger partial charge in [0.25, 0.3) is 5.91 Å². The lowest BCUT2D eigenvalue weighted by atomic mass is 9.97. The van der Waals surface area contributed by atoms with Crippen molar-refractivity contribution in [2.75, 3.05) is 33.3 Å². The largest absolute Gasteiger partial charge is 0.481 e. The smallest absolute Gasteiger partial charge is 0.306 e. The van der Waals surface area contributed by atoms with Crippen LogP contribution < -0.4 is 0 Å². The zero-order valence-electron chi connectivity index (χ0n) is 13.2. The summed E-state index contributed by atoms with van der Waals surface area (Å²) in [6.45, 7) is 3.22. The van der Waals surface area contributed by atoms with Gasteiger partial charge in [-0.3, -0.25) is 14.4 Å². The molecule has 2 heterocycles. The first-order valence-electron chi connectivity index (χ1n) is 7.73. The minimum atomic E-state index is -0.814. The minimum absolute atomic E-state index is 0.00945. The van der Waals surface area contributed by atoms with Crippen molar-refractivity contribution < 1.29 is 24.2 Å². The Balaban J connectivity index is 1.84. The third-order valence-corrected chi connectivity index (χ3v) is 4.59. The van der Waals surface area contributed by atoms with E-state index in [9.17, 15) is 14.4 Å². The molecule has 2 amide bonds. The van der Waals surface area contributed by atoms with Crippen molar-refractivity contribution in [1.29, 1.82) is 0 Å². The van der Waals surface area contributed by atoms with E-state index in [-0.39, 0.29) is 24.3 Å². The molecule has 0 spiro atoms. The molecule has 7 nitrogen and oxygen atoms in total. The molecule has 1 atom stereocenters. The topological polar surface area (TPSA) is 87.2 Å². The Kier molecular flexibility index (Phi) is 5.05. The normalized spacial score (nSPS) is 26.0. The number of carboxylic acids is 1. The Hall–Kier alpha value is -1.63. The first-order valence-corrected chi connectivity index (χ1v) is 7.73.